The van der Waals surface area contributed by atoms with Crippen LogP contribution in [-0.4, -0.2) is 59.4 Å². The van der Waals surface area contributed by atoms with E-state index in [-0.39, 0.29) is 18.1 Å². The summed E-state index contributed by atoms with van der Waals surface area (Å²) in [5, 5.41) is 24.5. The Balaban J connectivity index is 1.35. The lowest BCUT2D eigenvalue weighted by molar-refractivity contribution is 0.0993. The van der Waals surface area contributed by atoms with E-state index in [0.29, 0.717) is 17.6 Å². The monoisotopic (exact) mass is 470 g/mol. The van der Waals surface area contributed by atoms with Crippen LogP contribution in [0.3, 0.4) is 0 Å². The Hall–Kier alpha value is -4.21. The smallest absolute Gasteiger partial charge is 0.407 e. The lowest BCUT2D eigenvalue weighted by Crippen LogP contribution is -2.49. The van der Waals surface area contributed by atoms with Gasteiger partial charge < -0.3 is 20.6 Å². The Morgan fingerprint density at radius 1 is 1.11 bits per heavy atom. The Labute approximate surface area is 201 Å². The zero-order valence-corrected chi connectivity index (χ0v) is 19.3. The minimum atomic E-state index is -0.818. The molecule has 2 saturated heterocycles. The molecule has 1 aromatic carbocycles. The average molecular weight is 471 g/mol. The van der Waals surface area contributed by atoms with Crippen LogP contribution in [0.5, 0.6) is 0 Å². The highest BCUT2D eigenvalue weighted by Gasteiger charge is 2.43. The number of amides is 1. The summed E-state index contributed by atoms with van der Waals surface area (Å²) in [5.74, 6) is 1.86. The predicted molar refractivity (Wildman–Crippen MR) is 133 cm³/mol. The molecule has 4 N–H and O–H groups in total. The van der Waals surface area contributed by atoms with Gasteiger partial charge in [0.05, 0.1) is 5.52 Å². The van der Waals surface area contributed by atoms with E-state index in [1.54, 1.807) is 11.1 Å². The molecule has 4 aromatic rings. The SMILES string of the molecule is Cc1cc(Nc2nc(NC3CC4CCC(C3)N4C(=O)O)nc3cc(-c4cccnc4)ccc23)n[nH]1. The topological polar surface area (TPSA) is 132 Å². The van der Waals surface area contributed by atoms with E-state index >= 15 is 0 Å². The molecule has 2 bridgehead atoms. The molecule has 0 spiro atoms. The highest BCUT2D eigenvalue weighted by Crippen LogP contribution is 2.37. The van der Waals surface area contributed by atoms with Gasteiger partial charge in [0.1, 0.15) is 5.82 Å². The molecule has 10 nitrogen and oxygen atoms in total. The van der Waals surface area contributed by atoms with E-state index in [0.717, 1.165) is 53.4 Å². The number of nitrogens with zero attached hydrogens (tertiary/aromatic N) is 5. The average Bonchev–Trinajstić information content (AvgIpc) is 3.39. The minimum Gasteiger partial charge on any atom is -0.465 e. The first-order valence-electron chi connectivity index (χ1n) is 11.8. The molecule has 2 unspecified atom stereocenters. The molecule has 0 radical (unpaired) electrons. The number of hydrogen-bond donors (Lipinski definition) is 4. The Bertz CT molecular complexity index is 1380. The third-order valence-corrected chi connectivity index (χ3v) is 6.93. The number of piperidine rings is 1. The van der Waals surface area contributed by atoms with Crippen molar-refractivity contribution in [1.82, 2.24) is 30.0 Å². The van der Waals surface area contributed by atoms with Crippen molar-refractivity contribution in [3.63, 3.8) is 0 Å². The number of benzene rings is 1. The molecule has 3 aromatic heterocycles. The van der Waals surface area contributed by atoms with Crippen molar-refractivity contribution in [3.05, 3.63) is 54.5 Å². The highest BCUT2D eigenvalue weighted by molar-refractivity contribution is 5.94. The van der Waals surface area contributed by atoms with Crippen LogP contribution in [0, 0.1) is 6.92 Å². The fraction of sp³-hybridized carbons (Fsp3) is 0.320. The van der Waals surface area contributed by atoms with E-state index < -0.39 is 6.09 Å². The van der Waals surface area contributed by atoms with E-state index in [1.807, 2.05) is 49.5 Å². The summed E-state index contributed by atoms with van der Waals surface area (Å²) in [5.41, 5.74) is 3.77. The van der Waals surface area contributed by atoms with Gasteiger partial charge in [0.15, 0.2) is 5.82 Å². The first kappa shape index (κ1) is 21.3. The van der Waals surface area contributed by atoms with Crippen molar-refractivity contribution in [2.45, 2.75) is 50.7 Å². The van der Waals surface area contributed by atoms with Gasteiger partial charge in [0.25, 0.3) is 0 Å². The van der Waals surface area contributed by atoms with E-state index in [2.05, 4.69) is 25.8 Å². The molecular weight excluding hydrogens is 444 g/mol. The molecule has 0 aliphatic carbocycles. The number of nitrogens with one attached hydrogen (secondary N) is 3. The standard InChI is InChI=1S/C25H26N8O2/c1-14-9-22(32-31-14)29-23-20-7-4-15(16-3-2-8-26-13-16)10-21(20)28-24(30-23)27-17-11-18-5-6-19(12-17)33(18)25(34)35/h2-4,7-10,13,17-19H,5-6,11-12H2,1H3,(H,34,35)(H3,27,28,29,30,31,32). The van der Waals surface area contributed by atoms with Crippen molar-refractivity contribution in [1.29, 1.82) is 0 Å². The number of aryl methyl sites for hydroxylation is 1. The molecule has 2 aliphatic heterocycles. The number of anilines is 3. The maximum atomic E-state index is 11.7. The van der Waals surface area contributed by atoms with Crippen LogP contribution < -0.4 is 10.6 Å². The van der Waals surface area contributed by atoms with Crippen molar-refractivity contribution in [2.24, 2.45) is 0 Å². The highest BCUT2D eigenvalue weighted by atomic mass is 16.4. The number of hydrogen-bond acceptors (Lipinski definition) is 7. The van der Waals surface area contributed by atoms with Crippen molar-refractivity contribution in [2.75, 3.05) is 10.6 Å². The van der Waals surface area contributed by atoms with Crippen LogP contribution in [0.2, 0.25) is 0 Å². The van der Waals surface area contributed by atoms with Crippen LogP contribution >= 0.6 is 0 Å². The summed E-state index contributed by atoms with van der Waals surface area (Å²) in [6.45, 7) is 1.95. The van der Waals surface area contributed by atoms with Gasteiger partial charge in [-0.15, -0.1) is 0 Å². The number of H-pyrrole nitrogens is 1. The normalized spacial score (nSPS) is 21.3. The molecule has 2 aliphatic rings. The maximum Gasteiger partial charge on any atom is 0.407 e. The van der Waals surface area contributed by atoms with E-state index in [1.165, 1.54) is 0 Å². The molecule has 1 amide bonds. The zero-order valence-electron chi connectivity index (χ0n) is 19.3. The second-order valence-corrected chi connectivity index (χ2v) is 9.32. The van der Waals surface area contributed by atoms with Gasteiger partial charge in [0, 0.05) is 53.2 Å². The van der Waals surface area contributed by atoms with Crippen LogP contribution in [0.25, 0.3) is 22.0 Å². The predicted octanol–water partition coefficient (Wildman–Crippen LogP) is 4.55. The molecule has 2 atom stereocenters. The zero-order chi connectivity index (χ0) is 23.9. The summed E-state index contributed by atoms with van der Waals surface area (Å²) >= 11 is 0. The first-order valence-corrected chi connectivity index (χ1v) is 11.8. The maximum absolute atomic E-state index is 11.7. The van der Waals surface area contributed by atoms with Gasteiger partial charge in [-0.3, -0.25) is 10.1 Å². The third kappa shape index (κ3) is 4.11. The summed E-state index contributed by atoms with van der Waals surface area (Å²) in [6, 6.07) is 12.1. The quantitative estimate of drug-likeness (QED) is 0.334. The fourth-order valence-electron chi connectivity index (χ4n) is 5.40. The minimum absolute atomic E-state index is 0.0472. The van der Waals surface area contributed by atoms with Crippen molar-refractivity contribution < 1.29 is 9.90 Å². The first-order chi connectivity index (χ1) is 17.0. The summed E-state index contributed by atoms with van der Waals surface area (Å²) in [6.07, 6.45) is 6.09. The van der Waals surface area contributed by atoms with Gasteiger partial charge in [0.2, 0.25) is 5.95 Å². The largest absolute Gasteiger partial charge is 0.465 e. The van der Waals surface area contributed by atoms with Crippen LogP contribution in [-0.2, 0) is 0 Å². The van der Waals surface area contributed by atoms with Gasteiger partial charge >= 0.3 is 6.09 Å². The number of pyridine rings is 1. The molecule has 35 heavy (non-hydrogen) atoms. The van der Waals surface area contributed by atoms with Gasteiger partial charge in [-0.1, -0.05) is 12.1 Å². The second-order valence-electron chi connectivity index (χ2n) is 9.32. The van der Waals surface area contributed by atoms with Crippen LogP contribution in [0.4, 0.5) is 22.4 Å². The van der Waals surface area contributed by atoms with Crippen molar-refractivity contribution in [3.8, 4) is 11.1 Å². The third-order valence-electron chi connectivity index (χ3n) is 6.93. The second kappa shape index (κ2) is 8.53. The number of carboxylic acid groups (broad SMARTS) is 1. The molecule has 6 rings (SSSR count). The van der Waals surface area contributed by atoms with Crippen LogP contribution in [0.15, 0.2) is 48.8 Å². The number of aromatic nitrogens is 5. The summed E-state index contributed by atoms with van der Waals surface area (Å²) in [4.78, 5) is 27.2. The number of fused-ring (bicyclic) bond motifs is 3. The summed E-state index contributed by atoms with van der Waals surface area (Å²) < 4.78 is 0. The Kier molecular flexibility index (Phi) is 5.20. The Morgan fingerprint density at radius 2 is 1.94 bits per heavy atom. The van der Waals surface area contributed by atoms with E-state index in [4.69, 9.17) is 9.97 Å². The van der Waals surface area contributed by atoms with E-state index in [9.17, 15) is 9.90 Å². The number of rotatable bonds is 5. The van der Waals surface area contributed by atoms with Crippen molar-refractivity contribution >= 4 is 34.6 Å². The lowest BCUT2D eigenvalue weighted by atomic mass is 9.98. The number of carbonyl (C=O) groups is 1. The van der Waals surface area contributed by atoms with Gasteiger partial charge in [-0.2, -0.15) is 10.1 Å². The Morgan fingerprint density at radius 3 is 2.63 bits per heavy atom. The molecule has 5 heterocycles. The number of aromatic amines is 1. The van der Waals surface area contributed by atoms with Crippen LogP contribution in [0.1, 0.15) is 31.4 Å². The fourth-order valence-corrected chi connectivity index (χ4v) is 5.40. The van der Waals surface area contributed by atoms with Gasteiger partial charge in [-0.25, -0.2) is 9.78 Å². The summed E-state index contributed by atoms with van der Waals surface area (Å²) in [7, 11) is 0. The molecule has 10 heteroatoms. The molecular formula is C25H26N8O2. The molecule has 178 valence electrons. The molecule has 2 fully saturated rings. The molecule has 0 saturated carbocycles. The lowest BCUT2D eigenvalue weighted by Gasteiger charge is -2.37. The van der Waals surface area contributed by atoms with Gasteiger partial charge in [-0.05, 0) is 56.4 Å².